The molecule has 3 heterocycles. The van der Waals surface area contributed by atoms with Gasteiger partial charge in [-0.3, -0.25) is 4.79 Å². The summed E-state index contributed by atoms with van der Waals surface area (Å²) >= 11 is 3.41. The molecule has 1 aromatic heterocycles. The molecule has 1 N–H and O–H groups in total. The lowest BCUT2D eigenvalue weighted by Gasteiger charge is -2.32. The third-order valence-corrected chi connectivity index (χ3v) is 5.42. The molecule has 2 aliphatic heterocycles. The van der Waals surface area contributed by atoms with E-state index in [2.05, 4.69) is 36.0 Å². The number of rotatable bonds is 2. The predicted molar refractivity (Wildman–Crippen MR) is 93.7 cm³/mol. The van der Waals surface area contributed by atoms with E-state index in [-0.39, 0.29) is 5.91 Å². The summed E-state index contributed by atoms with van der Waals surface area (Å²) in [6.07, 6.45) is 1.90. The number of nitrogens with zero attached hydrogens (tertiary/aromatic N) is 4. The molecule has 2 aliphatic rings. The molecule has 126 valence electrons. The van der Waals surface area contributed by atoms with Gasteiger partial charge in [-0.05, 0) is 37.1 Å². The molecule has 0 bridgehead atoms. The number of halogens is 1. The highest BCUT2D eigenvalue weighted by Crippen LogP contribution is 2.28. The third kappa shape index (κ3) is 2.98. The SMILES string of the molecule is O=C(c1ccc(Br)cc1)N1CCC(c2nnc3n2CCNC3)CC1. The van der Waals surface area contributed by atoms with E-state index in [0.29, 0.717) is 5.92 Å². The topological polar surface area (TPSA) is 63.1 Å². The second kappa shape index (κ2) is 6.64. The Morgan fingerprint density at radius 3 is 2.62 bits per heavy atom. The number of benzene rings is 1. The quantitative estimate of drug-likeness (QED) is 0.854. The van der Waals surface area contributed by atoms with Crippen molar-refractivity contribution in [1.82, 2.24) is 25.0 Å². The van der Waals surface area contributed by atoms with Crippen molar-refractivity contribution in [2.24, 2.45) is 0 Å². The molecule has 0 aliphatic carbocycles. The molecule has 0 radical (unpaired) electrons. The van der Waals surface area contributed by atoms with E-state index in [1.54, 1.807) is 0 Å². The van der Waals surface area contributed by atoms with Crippen molar-refractivity contribution in [1.29, 1.82) is 0 Å². The van der Waals surface area contributed by atoms with Gasteiger partial charge in [0, 0.05) is 42.1 Å². The van der Waals surface area contributed by atoms with Gasteiger partial charge in [0.15, 0.2) is 0 Å². The van der Waals surface area contributed by atoms with Crippen LogP contribution < -0.4 is 5.32 Å². The van der Waals surface area contributed by atoms with Gasteiger partial charge in [0.1, 0.15) is 11.6 Å². The molecule has 1 saturated heterocycles. The molecule has 0 atom stereocenters. The summed E-state index contributed by atoms with van der Waals surface area (Å²) in [5.41, 5.74) is 0.752. The number of hydrogen-bond donors (Lipinski definition) is 1. The van der Waals surface area contributed by atoms with Crippen LogP contribution >= 0.6 is 15.9 Å². The smallest absolute Gasteiger partial charge is 0.253 e. The maximum atomic E-state index is 12.6. The van der Waals surface area contributed by atoms with Crippen LogP contribution in [0.3, 0.4) is 0 Å². The lowest BCUT2D eigenvalue weighted by atomic mass is 9.95. The van der Waals surface area contributed by atoms with Crippen LogP contribution in [0.15, 0.2) is 28.7 Å². The van der Waals surface area contributed by atoms with Gasteiger partial charge in [-0.25, -0.2) is 0 Å². The first-order valence-corrected chi connectivity index (χ1v) is 9.19. The van der Waals surface area contributed by atoms with Crippen LogP contribution in [0.5, 0.6) is 0 Å². The zero-order valence-corrected chi connectivity index (χ0v) is 15.0. The molecule has 1 fully saturated rings. The Morgan fingerprint density at radius 1 is 1.12 bits per heavy atom. The fourth-order valence-corrected chi connectivity index (χ4v) is 3.80. The number of amides is 1. The zero-order valence-electron chi connectivity index (χ0n) is 13.4. The van der Waals surface area contributed by atoms with Crippen molar-refractivity contribution in [3.05, 3.63) is 46.0 Å². The van der Waals surface area contributed by atoms with Crippen LogP contribution in [0.4, 0.5) is 0 Å². The first kappa shape index (κ1) is 15.8. The van der Waals surface area contributed by atoms with E-state index < -0.39 is 0 Å². The van der Waals surface area contributed by atoms with E-state index in [0.717, 1.165) is 67.3 Å². The zero-order chi connectivity index (χ0) is 16.5. The third-order valence-electron chi connectivity index (χ3n) is 4.89. The van der Waals surface area contributed by atoms with E-state index >= 15 is 0 Å². The Labute approximate surface area is 149 Å². The van der Waals surface area contributed by atoms with Crippen LogP contribution in [0, 0.1) is 0 Å². The standard InChI is InChI=1S/C17H20BrN5O/c18-14-3-1-13(2-4-14)17(24)22-8-5-12(6-9-22)16-21-20-15-11-19-7-10-23(15)16/h1-4,12,19H,5-11H2. The predicted octanol–water partition coefficient (Wildman–Crippen LogP) is 2.16. The van der Waals surface area contributed by atoms with E-state index in [4.69, 9.17) is 0 Å². The Bertz CT molecular complexity index is 734. The van der Waals surface area contributed by atoms with E-state index in [9.17, 15) is 4.79 Å². The highest BCUT2D eigenvalue weighted by molar-refractivity contribution is 9.10. The lowest BCUT2D eigenvalue weighted by Crippen LogP contribution is -2.38. The van der Waals surface area contributed by atoms with Gasteiger partial charge in [-0.2, -0.15) is 0 Å². The maximum Gasteiger partial charge on any atom is 0.253 e. The summed E-state index contributed by atoms with van der Waals surface area (Å²) < 4.78 is 3.25. The van der Waals surface area contributed by atoms with Crippen LogP contribution in [0.25, 0.3) is 0 Å². The molecule has 4 rings (SSSR count). The summed E-state index contributed by atoms with van der Waals surface area (Å²) in [4.78, 5) is 14.6. The second-order valence-electron chi connectivity index (χ2n) is 6.38. The number of hydrogen-bond acceptors (Lipinski definition) is 4. The van der Waals surface area contributed by atoms with Crippen LogP contribution in [0.2, 0.25) is 0 Å². The highest BCUT2D eigenvalue weighted by Gasteiger charge is 2.29. The Balaban J connectivity index is 1.42. The molecule has 7 heteroatoms. The summed E-state index contributed by atoms with van der Waals surface area (Å²) in [5, 5.41) is 12.1. The van der Waals surface area contributed by atoms with Crippen molar-refractivity contribution in [3.63, 3.8) is 0 Å². The minimum absolute atomic E-state index is 0.119. The van der Waals surface area contributed by atoms with Crippen LogP contribution in [-0.2, 0) is 13.1 Å². The van der Waals surface area contributed by atoms with Crippen molar-refractivity contribution < 1.29 is 4.79 Å². The molecule has 24 heavy (non-hydrogen) atoms. The number of piperidine rings is 1. The lowest BCUT2D eigenvalue weighted by molar-refractivity contribution is 0.0710. The average molecular weight is 390 g/mol. The van der Waals surface area contributed by atoms with Crippen molar-refractivity contribution >= 4 is 21.8 Å². The Hall–Kier alpha value is -1.73. The van der Waals surface area contributed by atoms with Gasteiger partial charge in [-0.1, -0.05) is 15.9 Å². The largest absolute Gasteiger partial charge is 0.339 e. The van der Waals surface area contributed by atoms with Crippen LogP contribution in [0.1, 0.15) is 40.8 Å². The number of nitrogens with one attached hydrogen (secondary N) is 1. The van der Waals surface area contributed by atoms with E-state index in [1.165, 1.54) is 0 Å². The summed E-state index contributed by atoms with van der Waals surface area (Å²) in [7, 11) is 0. The molecule has 2 aromatic rings. The van der Waals surface area contributed by atoms with Crippen molar-refractivity contribution in [2.75, 3.05) is 19.6 Å². The molecule has 0 spiro atoms. The number of fused-ring (bicyclic) bond motifs is 1. The summed E-state index contributed by atoms with van der Waals surface area (Å²) in [6, 6.07) is 7.58. The van der Waals surface area contributed by atoms with Gasteiger partial charge in [-0.15, -0.1) is 10.2 Å². The molecule has 0 saturated carbocycles. The normalized spacial score (nSPS) is 18.5. The van der Waals surface area contributed by atoms with Gasteiger partial charge < -0.3 is 14.8 Å². The first-order valence-electron chi connectivity index (χ1n) is 8.40. The number of likely N-dealkylation sites (tertiary alicyclic amines) is 1. The van der Waals surface area contributed by atoms with Gasteiger partial charge in [0.25, 0.3) is 5.91 Å². The molecule has 1 amide bonds. The minimum atomic E-state index is 0.119. The highest BCUT2D eigenvalue weighted by atomic mass is 79.9. The molecule has 6 nitrogen and oxygen atoms in total. The minimum Gasteiger partial charge on any atom is -0.339 e. The molecule has 0 unspecified atom stereocenters. The monoisotopic (exact) mass is 389 g/mol. The fourth-order valence-electron chi connectivity index (χ4n) is 3.53. The summed E-state index contributed by atoms with van der Waals surface area (Å²) in [5.74, 6) is 2.65. The Morgan fingerprint density at radius 2 is 1.88 bits per heavy atom. The Kier molecular flexibility index (Phi) is 4.37. The second-order valence-corrected chi connectivity index (χ2v) is 7.29. The summed E-state index contributed by atoms with van der Waals surface area (Å²) in [6.45, 7) is 4.27. The maximum absolute atomic E-state index is 12.6. The number of aromatic nitrogens is 3. The number of carbonyl (C=O) groups is 1. The molecular formula is C17H20BrN5O. The first-order chi connectivity index (χ1) is 11.7. The van der Waals surface area contributed by atoms with Crippen molar-refractivity contribution in [2.45, 2.75) is 31.8 Å². The van der Waals surface area contributed by atoms with Gasteiger partial charge in [0.05, 0.1) is 6.54 Å². The molecular weight excluding hydrogens is 370 g/mol. The van der Waals surface area contributed by atoms with Crippen LogP contribution in [-0.4, -0.2) is 45.2 Å². The van der Waals surface area contributed by atoms with Gasteiger partial charge in [0.2, 0.25) is 0 Å². The molecule has 1 aromatic carbocycles. The number of carbonyl (C=O) groups excluding carboxylic acids is 1. The van der Waals surface area contributed by atoms with E-state index in [1.807, 2.05) is 29.2 Å². The van der Waals surface area contributed by atoms with Gasteiger partial charge >= 0.3 is 0 Å². The fraction of sp³-hybridized carbons (Fsp3) is 0.471. The average Bonchev–Trinajstić information content (AvgIpc) is 3.06. The van der Waals surface area contributed by atoms with Crippen molar-refractivity contribution in [3.8, 4) is 0 Å².